The molecule has 0 aliphatic carbocycles. The molecule has 3 heterocycles. The Bertz CT molecular complexity index is 835. The van der Waals surface area contributed by atoms with Gasteiger partial charge in [0.25, 0.3) is 5.91 Å². The average Bonchev–Trinajstić information content (AvgIpc) is 3.16. The minimum Gasteiger partial charge on any atom is -0.350 e. The molecule has 0 aromatic carbocycles. The number of carbonyl (C=O) groups excluding carboxylic acids is 1. The van der Waals surface area contributed by atoms with E-state index in [-0.39, 0.29) is 5.91 Å². The van der Waals surface area contributed by atoms with Crippen LogP contribution in [-0.4, -0.2) is 47.0 Å². The van der Waals surface area contributed by atoms with Gasteiger partial charge in [0.1, 0.15) is 11.5 Å². The highest BCUT2D eigenvalue weighted by atomic mass is 32.1. The van der Waals surface area contributed by atoms with Crippen molar-refractivity contribution in [3.05, 3.63) is 35.0 Å². The van der Waals surface area contributed by atoms with E-state index in [1.165, 1.54) is 11.3 Å². The molecule has 2 N–H and O–H groups in total. The molecule has 1 aliphatic rings. The van der Waals surface area contributed by atoms with Gasteiger partial charge in [0.2, 0.25) is 0 Å². The first-order valence-electron chi connectivity index (χ1n) is 9.62. The summed E-state index contributed by atoms with van der Waals surface area (Å²) in [5.41, 5.74) is 1.49. The van der Waals surface area contributed by atoms with Crippen molar-refractivity contribution < 1.29 is 4.79 Å². The van der Waals surface area contributed by atoms with E-state index in [4.69, 9.17) is 10.2 Å². The largest absolute Gasteiger partial charge is 0.350 e. The molecule has 2 aromatic rings. The van der Waals surface area contributed by atoms with Crippen LogP contribution >= 0.6 is 11.3 Å². The van der Waals surface area contributed by atoms with E-state index in [2.05, 4.69) is 46.5 Å². The van der Waals surface area contributed by atoms with E-state index in [1.54, 1.807) is 5.38 Å². The number of anilines is 2. The number of nitrogens with zero attached hydrogens (tertiary/aromatic N) is 4. The van der Waals surface area contributed by atoms with Gasteiger partial charge in [-0.1, -0.05) is 19.9 Å². The molecule has 1 aliphatic heterocycles. The number of aromatic nitrogens is 2. The number of thiazole rings is 1. The molecule has 3 rings (SSSR count). The van der Waals surface area contributed by atoms with E-state index >= 15 is 0 Å². The van der Waals surface area contributed by atoms with E-state index in [0.717, 1.165) is 37.4 Å². The SMILES string of the molecule is CC(C)CNC(=O)c1csc(Nc2cccc(C3CCN(CC#N)CC3)n2)n1. The molecular formula is C20H26N6OS. The second kappa shape index (κ2) is 9.62. The summed E-state index contributed by atoms with van der Waals surface area (Å²) < 4.78 is 0. The van der Waals surface area contributed by atoms with Crippen molar-refractivity contribution in [3.63, 3.8) is 0 Å². The van der Waals surface area contributed by atoms with Crippen LogP contribution in [0.2, 0.25) is 0 Å². The highest BCUT2D eigenvalue weighted by Crippen LogP contribution is 2.28. The Morgan fingerprint density at radius 2 is 2.14 bits per heavy atom. The van der Waals surface area contributed by atoms with Crippen molar-refractivity contribution in [1.29, 1.82) is 5.26 Å². The number of nitriles is 1. The van der Waals surface area contributed by atoms with Gasteiger partial charge in [-0.15, -0.1) is 11.3 Å². The summed E-state index contributed by atoms with van der Waals surface area (Å²) in [7, 11) is 0. The lowest BCUT2D eigenvalue weighted by Gasteiger charge is -2.29. The molecule has 7 nitrogen and oxygen atoms in total. The second-order valence-electron chi connectivity index (χ2n) is 7.42. The van der Waals surface area contributed by atoms with Gasteiger partial charge in [-0.3, -0.25) is 9.69 Å². The van der Waals surface area contributed by atoms with Crippen LogP contribution in [0.1, 0.15) is 48.8 Å². The van der Waals surface area contributed by atoms with Crippen molar-refractivity contribution in [2.75, 3.05) is 31.5 Å². The normalized spacial score (nSPS) is 15.4. The number of carbonyl (C=O) groups is 1. The standard InChI is InChI=1S/C20H26N6OS/c1-14(2)12-22-19(27)17-13-28-20(24-17)25-18-5-3-4-16(23-18)15-6-9-26(10-7-15)11-8-21/h3-5,13-15H,6-7,9-12H2,1-2H3,(H,22,27)(H,23,24,25). The Hall–Kier alpha value is -2.50. The number of hydrogen-bond acceptors (Lipinski definition) is 7. The summed E-state index contributed by atoms with van der Waals surface area (Å²) in [6.07, 6.45) is 2.02. The number of hydrogen-bond donors (Lipinski definition) is 2. The van der Waals surface area contributed by atoms with Crippen LogP contribution in [-0.2, 0) is 0 Å². The van der Waals surface area contributed by atoms with Crippen LogP contribution in [0, 0.1) is 17.2 Å². The van der Waals surface area contributed by atoms with Gasteiger partial charge in [0.05, 0.1) is 12.6 Å². The van der Waals surface area contributed by atoms with Gasteiger partial charge in [-0.25, -0.2) is 9.97 Å². The van der Waals surface area contributed by atoms with Crippen molar-refractivity contribution in [1.82, 2.24) is 20.2 Å². The maximum atomic E-state index is 12.1. The third-order valence-corrected chi connectivity index (χ3v) is 5.47. The number of nitrogens with one attached hydrogen (secondary N) is 2. The first-order valence-corrected chi connectivity index (χ1v) is 10.5. The zero-order chi connectivity index (χ0) is 19.9. The third-order valence-electron chi connectivity index (χ3n) is 4.71. The molecule has 28 heavy (non-hydrogen) atoms. The summed E-state index contributed by atoms with van der Waals surface area (Å²) in [6.45, 7) is 7.10. The number of pyridine rings is 1. The van der Waals surface area contributed by atoms with Gasteiger partial charge < -0.3 is 10.6 Å². The van der Waals surface area contributed by atoms with Crippen molar-refractivity contribution in [3.8, 4) is 6.07 Å². The molecule has 0 unspecified atom stereocenters. The minimum atomic E-state index is -0.149. The quantitative estimate of drug-likeness (QED) is 0.695. The fourth-order valence-electron chi connectivity index (χ4n) is 3.17. The van der Waals surface area contributed by atoms with E-state index in [0.29, 0.717) is 35.8 Å². The number of rotatable bonds is 7. The van der Waals surface area contributed by atoms with Gasteiger partial charge in [0.15, 0.2) is 5.13 Å². The number of likely N-dealkylation sites (tertiary alicyclic amines) is 1. The van der Waals surface area contributed by atoms with Crippen LogP contribution in [0.4, 0.5) is 10.9 Å². The molecule has 0 bridgehead atoms. The van der Waals surface area contributed by atoms with Crippen molar-refractivity contribution in [2.45, 2.75) is 32.6 Å². The lowest BCUT2D eigenvalue weighted by atomic mass is 9.93. The molecule has 8 heteroatoms. The Labute approximate surface area is 169 Å². The summed E-state index contributed by atoms with van der Waals surface area (Å²) in [5, 5.41) is 17.3. The summed E-state index contributed by atoms with van der Waals surface area (Å²) >= 11 is 1.39. The summed E-state index contributed by atoms with van der Waals surface area (Å²) in [5.74, 6) is 1.40. The molecule has 0 atom stereocenters. The molecule has 1 fully saturated rings. The topological polar surface area (TPSA) is 93.9 Å². The smallest absolute Gasteiger partial charge is 0.270 e. The van der Waals surface area contributed by atoms with E-state index in [1.807, 2.05) is 12.1 Å². The van der Waals surface area contributed by atoms with Crippen LogP contribution in [0.15, 0.2) is 23.6 Å². The zero-order valence-corrected chi connectivity index (χ0v) is 17.1. The minimum absolute atomic E-state index is 0.149. The number of amides is 1. The van der Waals surface area contributed by atoms with Crippen molar-refractivity contribution >= 4 is 28.2 Å². The molecular weight excluding hydrogens is 372 g/mol. The Kier molecular flexibility index (Phi) is 6.95. The monoisotopic (exact) mass is 398 g/mol. The van der Waals surface area contributed by atoms with Gasteiger partial charge in [0, 0.05) is 23.5 Å². The molecule has 0 saturated carbocycles. The number of piperidine rings is 1. The van der Waals surface area contributed by atoms with Crippen LogP contribution < -0.4 is 10.6 Å². The van der Waals surface area contributed by atoms with E-state index in [9.17, 15) is 4.79 Å². The molecule has 148 valence electrons. The van der Waals surface area contributed by atoms with E-state index < -0.39 is 0 Å². The predicted molar refractivity (Wildman–Crippen MR) is 111 cm³/mol. The predicted octanol–water partition coefficient (Wildman–Crippen LogP) is 3.37. The Morgan fingerprint density at radius 3 is 2.86 bits per heavy atom. The van der Waals surface area contributed by atoms with Crippen LogP contribution in [0.5, 0.6) is 0 Å². The fraction of sp³-hybridized carbons (Fsp3) is 0.500. The van der Waals surface area contributed by atoms with Crippen molar-refractivity contribution in [2.24, 2.45) is 5.92 Å². The average molecular weight is 399 g/mol. The third kappa shape index (κ3) is 5.50. The highest BCUT2D eigenvalue weighted by Gasteiger charge is 2.21. The first-order chi connectivity index (χ1) is 13.5. The highest BCUT2D eigenvalue weighted by molar-refractivity contribution is 7.14. The fourth-order valence-corrected chi connectivity index (χ4v) is 3.87. The molecule has 0 radical (unpaired) electrons. The first kappa shape index (κ1) is 20.2. The van der Waals surface area contributed by atoms with Crippen LogP contribution in [0.3, 0.4) is 0 Å². The summed E-state index contributed by atoms with van der Waals surface area (Å²) in [4.78, 5) is 23.4. The lowest BCUT2D eigenvalue weighted by molar-refractivity contribution is 0.0945. The Morgan fingerprint density at radius 1 is 1.36 bits per heavy atom. The molecule has 0 spiro atoms. The maximum Gasteiger partial charge on any atom is 0.270 e. The molecule has 1 amide bonds. The van der Waals surface area contributed by atoms with Gasteiger partial charge in [-0.05, 0) is 44.0 Å². The Balaban J connectivity index is 1.59. The second-order valence-corrected chi connectivity index (χ2v) is 8.28. The molecule has 2 aromatic heterocycles. The zero-order valence-electron chi connectivity index (χ0n) is 16.3. The lowest BCUT2D eigenvalue weighted by Crippen LogP contribution is -2.33. The van der Waals surface area contributed by atoms with Gasteiger partial charge >= 0.3 is 0 Å². The van der Waals surface area contributed by atoms with Gasteiger partial charge in [-0.2, -0.15) is 5.26 Å². The van der Waals surface area contributed by atoms with Crippen LogP contribution in [0.25, 0.3) is 0 Å². The maximum absolute atomic E-state index is 12.1. The molecule has 1 saturated heterocycles. The summed E-state index contributed by atoms with van der Waals surface area (Å²) in [6, 6.07) is 8.18.